The number of carbonyl (C=O) groups is 1. The lowest BCUT2D eigenvalue weighted by Gasteiger charge is -2.26. The molecular weight excluding hydrogens is 460 g/mol. The number of benzene rings is 3. The third-order valence-electron chi connectivity index (χ3n) is 5.32. The molecule has 0 aromatic heterocycles. The standard InChI is InChI=1S/C25H27ClN2O4S/c1-17-9-13-21(14-10-17)33(30,31)28(20-12-11-18(2)23(26)15-20)16-25(29)27-19(3)22-7-5-6-8-24(22)32-4/h5-15,19H,16H2,1-4H3,(H,27,29). The molecule has 0 saturated carbocycles. The van der Waals surface area contributed by atoms with Crippen molar-refractivity contribution < 1.29 is 17.9 Å². The topological polar surface area (TPSA) is 75.7 Å². The number of ether oxygens (including phenoxy) is 1. The fourth-order valence-corrected chi connectivity index (χ4v) is 5.00. The van der Waals surface area contributed by atoms with Gasteiger partial charge in [-0.05, 0) is 56.7 Å². The zero-order valence-corrected chi connectivity index (χ0v) is 20.6. The van der Waals surface area contributed by atoms with E-state index in [9.17, 15) is 13.2 Å². The Balaban J connectivity index is 1.93. The van der Waals surface area contributed by atoms with E-state index in [0.29, 0.717) is 16.5 Å². The normalized spacial score (nSPS) is 12.2. The van der Waals surface area contributed by atoms with Gasteiger partial charge < -0.3 is 10.1 Å². The van der Waals surface area contributed by atoms with Crippen LogP contribution in [0.15, 0.2) is 71.6 Å². The van der Waals surface area contributed by atoms with Crippen LogP contribution in [-0.2, 0) is 14.8 Å². The Morgan fingerprint density at radius 2 is 1.73 bits per heavy atom. The summed E-state index contributed by atoms with van der Waals surface area (Å²) in [5.74, 6) is 0.181. The number of sulfonamides is 1. The molecule has 0 aliphatic carbocycles. The number of para-hydroxylation sites is 1. The highest BCUT2D eigenvalue weighted by molar-refractivity contribution is 7.92. The maximum Gasteiger partial charge on any atom is 0.264 e. The monoisotopic (exact) mass is 486 g/mol. The summed E-state index contributed by atoms with van der Waals surface area (Å²) in [4.78, 5) is 13.1. The first-order valence-electron chi connectivity index (χ1n) is 10.4. The number of nitrogens with zero attached hydrogens (tertiary/aromatic N) is 1. The molecule has 1 atom stereocenters. The van der Waals surface area contributed by atoms with Gasteiger partial charge in [-0.2, -0.15) is 0 Å². The number of halogens is 1. The number of nitrogens with one attached hydrogen (secondary N) is 1. The van der Waals surface area contributed by atoms with Crippen LogP contribution in [0.1, 0.15) is 29.7 Å². The number of methoxy groups -OCH3 is 1. The first kappa shape index (κ1) is 24.6. The molecule has 3 aromatic rings. The van der Waals surface area contributed by atoms with Crippen LogP contribution in [0.3, 0.4) is 0 Å². The SMILES string of the molecule is COc1ccccc1C(C)NC(=O)CN(c1ccc(C)c(Cl)c1)S(=O)(=O)c1ccc(C)cc1. The summed E-state index contributed by atoms with van der Waals surface area (Å²) in [5.41, 5.74) is 2.84. The molecule has 33 heavy (non-hydrogen) atoms. The molecule has 0 radical (unpaired) electrons. The summed E-state index contributed by atoms with van der Waals surface area (Å²) in [7, 11) is -2.46. The van der Waals surface area contributed by atoms with Crippen LogP contribution in [0.2, 0.25) is 5.02 Å². The van der Waals surface area contributed by atoms with Crippen LogP contribution >= 0.6 is 11.6 Å². The molecule has 8 heteroatoms. The predicted octanol–water partition coefficient (Wildman–Crippen LogP) is 5.04. The van der Waals surface area contributed by atoms with Gasteiger partial charge in [0.2, 0.25) is 5.91 Å². The fourth-order valence-electron chi connectivity index (χ4n) is 3.41. The van der Waals surface area contributed by atoms with E-state index in [1.807, 2.05) is 39.0 Å². The maximum absolute atomic E-state index is 13.5. The van der Waals surface area contributed by atoms with Crippen molar-refractivity contribution in [3.63, 3.8) is 0 Å². The van der Waals surface area contributed by atoms with Crippen molar-refractivity contribution in [3.8, 4) is 5.75 Å². The van der Waals surface area contributed by atoms with E-state index in [1.54, 1.807) is 43.5 Å². The average molecular weight is 487 g/mol. The van der Waals surface area contributed by atoms with Crippen molar-refractivity contribution in [2.24, 2.45) is 0 Å². The van der Waals surface area contributed by atoms with Crippen LogP contribution in [0.25, 0.3) is 0 Å². The number of carbonyl (C=O) groups excluding carboxylic acids is 1. The summed E-state index contributed by atoms with van der Waals surface area (Å²) in [6, 6.07) is 18.4. The van der Waals surface area contributed by atoms with E-state index in [1.165, 1.54) is 12.1 Å². The van der Waals surface area contributed by atoms with Gasteiger partial charge in [-0.3, -0.25) is 9.10 Å². The molecule has 0 saturated heterocycles. The lowest BCUT2D eigenvalue weighted by molar-refractivity contribution is -0.120. The molecule has 0 aliphatic rings. The van der Waals surface area contributed by atoms with Crippen LogP contribution in [-0.4, -0.2) is 28.0 Å². The van der Waals surface area contributed by atoms with Crippen LogP contribution in [0.5, 0.6) is 5.75 Å². The molecule has 0 heterocycles. The first-order chi connectivity index (χ1) is 15.6. The van der Waals surface area contributed by atoms with Crippen molar-refractivity contribution in [1.29, 1.82) is 0 Å². The Morgan fingerprint density at radius 3 is 2.36 bits per heavy atom. The maximum atomic E-state index is 13.5. The summed E-state index contributed by atoms with van der Waals surface area (Å²) in [6.07, 6.45) is 0. The third kappa shape index (κ3) is 5.67. The molecule has 3 rings (SSSR count). The Labute approximate surface area is 200 Å². The van der Waals surface area contributed by atoms with Crippen molar-refractivity contribution in [2.45, 2.75) is 31.7 Å². The molecule has 1 unspecified atom stereocenters. The Kier molecular flexibility index (Phi) is 7.66. The quantitative estimate of drug-likeness (QED) is 0.484. The molecule has 0 aliphatic heterocycles. The molecule has 0 fully saturated rings. The third-order valence-corrected chi connectivity index (χ3v) is 7.52. The summed E-state index contributed by atoms with van der Waals surface area (Å²) >= 11 is 6.27. The van der Waals surface area contributed by atoms with Gasteiger partial charge in [0.25, 0.3) is 10.0 Å². The number of rotatable bonds is 8. The number of aryl methyl sites for hydroxylation is 2. The van der Waals surface area contributed by atoms with Crippen molar-refractivity contribution in [2.75, 3.05) is 18.0 Å². The van der Waals surface area contributed by atoms with Gasteiger partial charge in [-0.25, -0.2) is 8.42 Å². The molecule has 174 valence electrons. The molecule has 0 bridgehead atoms. The van der Waals surface area contributed by atoms with Crippen LogP contribution < -0.4 is 14.4 Å². The summed E-state index contributed by atoms with van der Waals surface area (Å²) < 4.78 is 33.5. The minimum absolute atomic E-state index is 0.0929. The minimum Gasteiger partial charge on any atom is -0.496 e. The lowest BCUT2D eigenvalue weighted by Crippen LogP contribution is -2.41. The van der Waals surface area contributed by atoms with Gasteiger partial charge in [0.1, 0.15) is 12.3 Å². The smallest absolute Gasteiger partial charge is 0.264 e. The van der Waals surface area contributed by atoms with E-state index in [2.05, 4.69) is 5.32 Å². The zero-order chi connectivity index (χ0) is 24.2. The molecule has 1 amide bonds. The summed E-state index contributed by atoms with van der Waals surface area (Å²) in [5, 5.41) is 3.29. The highest BCUT2D eigenvalue weighted by Gasteiger charge is 2.28. The number of anilines is 1. The van der Waals surface area contributed by atoms with E-state index >= 15 is 0 Å². The predicted molar refractivity (Wildman–Crippen MR) is 131 cm³/mol. The minimum atomic E-state index is -4.02. The van der Waals surface area contributed by atoms with Crippen LogP contribution in [0, 0.1) is 13.8 Å². The van der Waals surface area contributed by atoms with Crippen molar-refractivity contribution >= 4 is 33.2 Å². The zero-order valence-electron chi connectivity index (χ0n) is 19.0. The number of hydrogen-bond acceptors (Lipinski definition) is 4. The molecule has 3 aromatic carbocycles. The molecule has 6 nitrogen and oxygen atoms in total. The Hall–Kier alpha value is -3.03. The van der Waals surface area contributed by atoms with Gasteiger partial charge in [0.05, 0.1) is 23.7 Å². The highest BCUT2D eigenvalue weighted by atomic mass is 35.5. The van der Waals surface area contributed by atoms with E-state index < -0.39 is 22.5 Å². The lowest BCUT2D eigenvalue weighted by atomic mass is 10.1. The van der Waals surface area contributed by atoms with Gasteiger partial charge in [-0.1, -0.05) is 53.6 Å². The second-order valence-corrected chi connectivity index (χ2v) is 10.1. The largest absolute Gasteiger partial charge is 0.496 e. The average Bonchev–Trinajstić information content (AvgIpc) is 2.79. The first-order valence-corrected chi connectivity index (χ1v) is 12.2. The van der Waals surface area contributed by atoms with Crippen molar-refractivity contribution in [3.05, 3.63) is 88.4 Å². The summed E-state index contributed by atoms with van der Waals surface area (Å²) in [6.45, 7) is 5.11. The molecular formula is C25H27ClN2O4S. The van der Waals surface area contributed by atoms with Gasteiger partial charge in [0, 0.05) is 10.6 Å². The van der Waals surface area contributed by atoms with Gasteiger partial charge in [0.15, 0.2) is 0 Å². The van der Waals surface area contributed by atoms with E-state index in [4.69, 9.17) is 16.3 Å². The Bertz CT molecular complexity index is 1240. The van der Waals surface area contributed by atoms with E-state index in [-0.39, 0.29) is 10.9 Å². The Morgan fingerprint density at radius 1 is 1.06 bits per heavy atom. The van der Waals surface area contributed by atoms with Crippen molar-refractivity contribution in [1.82, 2.24) is 5.32 Å². The second kappa shape index (κ2) is 10.3. The number of amides is 1. The molecule has 1 N–H and O–H groups in total. The molecule has 0 spiro atoms. The van der Waals surface area contributed by atoms with Gasteiger partial charge in [-0.15, -0.1) is 0 Å². The fraction of sp³-hybridized carbons (Fsp3) is 0.240. The van der Waals surface area contributed by atoms with Crippen LogP contribution in [0.4, 0.5) is 5.69 Å². The second-order valence-electron chi connectivity index (χ2n) is 7.79. The van der Waals surface area contributed by atoms with Gasteiger partial charge >= 0.3 is 0 Å². The van der Waals surface area contributed by atoms with E-state index in [0.717, 1.165) is 21.0 Å². The highest BCUT2D eigenvalue weighted by Crippen LogP contribution is 2.29. The number of hydrogen-bond donors (Lipinski definition) is 1.